The van der Waals surface area contributed by atoms with E-state index >= 15 is 0 Å². The number of hydrogen-bond acceptors (Lipinski definition) is 5. The maximum atomic E-state index is 14.2. The van der Waals surface area contributed by atoms with Crippen molar-refractivity contribution in [3.8, 4) is 11.5 Å². The van der Waals surface area contributed by atoms with Crippen LogP contribution in [-0.2, 0) is 19.5 Å². The van der Waals surface area contributed by atoms with Crippen LogP contribution in [-0.4, -0.2) is 18.1 Å². The molecule has 2 unspecified atom stereocenters. The Labute approximate surface area is 193 Å². The number of carbonyl (C=O) groups excluding carboxylic acids is 1. The molecule has 34 heavy (non-hydrogen) atoms. The van der Waals surface area contributed by atoms with E-state index in [0.717, 1.165) is 18.4 Å². The van der Waals surface area contributed by atoms with Crippen LogP contribution in [0.15, 0.2) is 24.3 Å². The van der Waals surface area contributed by atoms with Gasteiger partial charge in [0.15, 0.2) is 0 Å². The van der Waals surface area contributed by atoms with Gasteiger partial charge < -0.3 is 13.8 Å². The highest BCUT2D eigenvalue weighted by Crippen LogP contribution is 2.50. The third-order valence-electron chi connectivity index (χ3n) is 5.21. The molecular formula is C22H23F5NO5P. The molecule has 1 N–H and O–H groups in total. The molecule has 1 fully saturated rings. The molecule has 0 spiro atoms. The summed E-state index contributed by atoms with van der Waals surface area (Å²) in [4.78, 5) is 12.2. The largest absolute Gasteiger partial charge is 0.513 e. The van der Waals surface area contributed by atoms with Crippen LogP contribution >= 0.6 is 7.75 Å². The first-order chi connectivity index (χ1) is 15.8. The summed E-state index contributed by atoms with van der Waals surface area (Å²) in [6.45, 7) is 6.34. The fourth-order valence-electron chi connectivity index (χ4n) is 3.01. The molecule has 186 valence electrons. The average molecular weight is 507 g/mol. The third-order valence-corrected chi connectivity index (χ3v) is 6.79. The first-order valence-corrected chi connectivity index (χ1v) is 11.9. The number of carbonyl (C=O) groups is 1. The van der Waals surface area contributed by atoms with E-state index in [1.54, 1.807) is 26.0 Å². The van der Waals surface area contributed by atoms with E-state index in [2.05, 4.69) is 5.09 Å². The molecular weight excluding hydrogens is 484 g/mol. The summed E-state index contributed by atoms with van der Waals surface area (Å²) in [5, 5.41) is 2.13. The van der Waals surface area contributed by atoms with Crippen LogP contribution in [0.4, 0.5) is 22.0 Å². The fourth-order valence-corrected chi connectivity index (χ4v) is 4.54. The monoisotopic (exact) mass is 507 g/mol. The minimum Gasteiger partial charge on any atom is -0.462 e. The number of esters is 1. The second-order valence-corrected chi connectivity index (χ2v) is 10.1. The molecule has 2 atom stereocenters. The summed E-state index contributed by atoms with van der Waals surface area (Å²) >= 11 is 0. The molecule has 0 bridgehead atoms. The highest BCUT2D eigenvalue weighted by molar-refractivity contribution is 7.52. The standard InChI is InChI=1S/C22H23F5NO5P/c1-11(2)31-21(29)12(3)28-34(30,32-14-7-5-13(6-8-14)22(4)9-10-22)33-20-18(26)16(24)15(23)17(25)19(20)27/h5-8,11-12H,9-10H2,1-4H3,(H,28,30). The quantitative estimate of drug-likeness (QED) is 0.149. The van der Waals surface area contributed by atoms with Gasteiger partial charge in [-0.2, -0.15) is 13.9 Å². The van der Waals surface area contributed by atoms with Gasteiger partial charge in [-0.1, -0.05) is 19.1 Å². The van der Waals surface area contributed by atoms with Crippen LogP contribution in [0, 0.1) is 29.1 Å². The summed E-state index contributed by atoms with van der Waals surface area (Å²) in [7, 11) is -4.95. The van der Waals surface area contributed by atoms with Crippen molar-refractivity contribution in [1.82, 2.24) is 5.09 Å². The van der Waals surface area contributed by atoms with Crippen molar-refractivity contribution in [2.75, 3.05) is 0 Å². The first kappa shape index (κ1) is 26.0. The third kappa shape index (κ3) is 5.52. The maximum absolute atomic E-state index is 14.2. The molecule has 2 aromatic carbocycles. The zero-order valence-electron chi connectivity index (χ0n) is 18.8. The van der Waals surface area contributed by atoms with Crippen LogP contribution in [0.2, 0.25) is 0 Å². The molecule has 6 nitrogen and oxygen atoms in total. The molecule has 0 aliphatic heterocycles. The smallest absolute Gasteiger partial charge is 0.462 e. The molecule has 12 heteroatoms. The number of hydrogen-bond donors (Lipinski definition) is 1. The van der Waals surface area contributed by atoms with Gasteiger partial charge in [0.25, 0.3) is 0 Å². The normalized spacial score (nSPS) is 17.1. The van der Waals surface area contributed by atoms with Crippen LogP contribution in [0.3, 0.4) is 0 Å². The Morgan fingerprint density at radius 2 is 1.41 bits per heavy atom. The predicted molar refractivity (Wildman–Crippen MR) is 112 cm³/mol. The predicted octanol–water partition coefficient (Wildman–Crippen LogP) is 5.93. The fraction of sp³-hybridized carbons (Fsp3) is 0.409. The molecule has 3 rings (SSSR count). The zero-order chi connectivity index (χ0) is 25.4. The van der Waals surface area contributed by atoms with Crippen LogP contribution in [0.25, 0.3) is 0 Å². The minimum atomic E-state index is -4.95. The average Bonchev–Trinajstić information content (AvgIpc) is 3.52. The summed E-state index contributed by atoms with van der Waals surface area (Å²) in [5.74, 6) is -14.5. The lowest BCUT2D eigenvalue weighted by Crippen LogP contribution is -2.37. The summed E-state index contributed by atoms with van der Waals surface area (Å²) in [6, 6.07) is 4.78. The number of rotatable bonds is 9. The Morgan fingerprint density at radius 1 is 0.912 bits per heavy atom. The van der Waals surface area contributed by atoms with Crippen molar-refractivity contribution >= 4 is 13.7 Å². The van der Waals surface area contributed by atoms with Crippen LogP contribution < -0.4 is 14.1 Å². The molecule has 1 aliphatic carbocycles. The number of nitrogens with one attached hydrogen (secondary N) is 1. The Morgan fingerprint density at radius 3 is 1.88 bits per heavy atom. The van der Waals surface area contributed by atoms with E-state index in [4.69, 9.17) is 13.8 Å². The lowest BCUT2D eigenvalue weighted by atomic mass is 9.99. The lowest BCUT2D eigenvalue weighted by Gasteiger charge is -2.24. The summed E-state index contributed by atoms with van der Waals surface area (Å²) < 4.78 is 97.5. The van der Waals surface area contributed by atoms with Crippen molar-refractivity contribution in [3.05, 3.63) is 58.9 Å². The zero-order valence-corrected chi connectivity index (χ0v) is 19.7. The Bertz CT molecular complexity index is 1110. The van der Waals surface area contributed by atoms with Crippen molar-refractivity contribution in [1.29, 1.82) is 0 Å². The van der Waals surface area contributed by atoms with Gasteiger partial charge in [-0.25, -0.2) is 17.7 Å². The van der Waals surface area contributed by atoms with Gasteiger partial charge in [-0.15, -0.1) is 0 Å². The van der Waals surface area contributed by atoms with Gasteiger partial charge in [-0.05, 0) is 56.7 Å². The van der Waals surface area contributed by atoms with Crippen LogP contribution in [0.1, 0.15) is 46.1 Å². The molecule has 0 radical (unpaired) electrons. The first-order valence-electron chi connectivity index (χ1n) is 10.4. The van der Waals surface area contributed by atoms with E-state index in [0.29, 0.717) is 0 Å². The van der Waals surface area contributed by atoms with Crippen molar-refractivity contribution in [2.24, 2.45) is 0 Å². The van der Waals surface area contributed by atoms with E-state index in [-0.39, 0.29) is 11.2 Å². The van der Waals surface area contributed by atoms with Gasteiger partial charge in [-0.3, -0.25) is 4.79 Å². The molecule has 0 aromatic heterocycles. The topological polar surface area (TPSA) is 73.9 Å². The Kier molecular flexibility index (Phi) is 7.28. The van der Waals surface area contributed by atoms with Crippen molar-refractivity contribution in [2.45, 2.75) is 58.1 Å². The lowest BCUT2D eigenvalue weighted by molar-refractivity contribution is -0.149. The molecule has 1 saturated carbocycles. The second-order valence-electron chi connectivity index (χ2n) is 8.50. The molecule has 0 amide bonds. The SMILES string of the molecule is CC(C)OC(=O)C(C)NP(=O)(Oc1ccc(C2(C)CC2)cc1)Oc1c(F)c(F)c(F)c(F)c1F. The van der Waals surface area contributed by atoms with Gasteiger partial charge in [0, 0.05) is 0 Å². The van der Waals surface area contributed by atoms with Crippen molar-refractivity contribution in [3.63, 3.8) is 0 Å². The minimum absolute atomic E-state index is 0.00150. The van der Waals surface area contributed by atoms with Crippen molar-refractivity contribution < 1.29 is 45.1 Å². The number of halogens is 5. The van der Waals surface area contributed by atoms with E-state index < -0.39 is 60.7 Å². The summed E-state index contributed by atoms with van der Waals surface area (Å²) in [6.07, 6.45) is 1.41. The molecule has 1 aliphatic rings. The van der Waals surface area contributed by atoms with Crippen LogP contribution in [0.5, 0.6) is 11.5 Å². The molecule has 0 saturated heterocycles. The van der Waals surface area contributed by atoms with Gasteiger partial charge in [0.1, 0.15) is 11.8 Å². The van der Waals surface area contributed by atoms with Gasteiger partial charge >= 0.3 is 13.7 Å². The van der Waals surface area contributed by atoms with E-state index in [1.165, 1.54) is 19.1 Å². The van der Waals surface area contributed by atoms with E-state index in [1.807, 2.05) is 6.92 Å². The Balaban J connectivity index is 1.95. The highest BCUT2D eigenvalue weighted by atomic mass is 31.2. The Hall–Kier alpha value is -2.65. The number of benzene rings is 2. The highest BCUT2D eigenvalue weighted by Gasteiger charge is 2.40. The van der Waals surface area contributed by atoms with Gasteiger partial charge in [0.05, 0.1) is 6.10 Å². The molecule has 2 aromatic rings. The number of ether oxygens (including phenoxy) is 1. The maximum Gasteiger partial charge on any atom is 0.513 e. The second kappa shape index (κ2) is 9.54. The van der Waals surface area contributed by atoms with Gasteiger partial charge in [0.2, 0.25) is 34.8 Å². The molecule has 0 heterocycles. The van der Waals surface area contributed by atoms with E-state index in [9.17, 15) is 31.3 Å². The summed E-state index contributed by atoms with van der Waals surface area (Å²) in [5.41, 5.74) is 0.971.